The molecule has 0 aliphatic carbocycles. The van der Waals surface area contributed by atoms with Crippen LogP contribution in [0.5, 0.6) is 11.5 Å². The molecule has 0 atom stereocenters. The summed E-state index contributed by atoms with van der Waals surface area (Å²) in [6.45, 7) is 6.67. The predicted molar refractivity (Wildman–Crippen MR) is 102 cm³/mol. The summed E-state index contributed by atoms with van der Waals surface area (Å²) in [4.78, 5) is 32.6. The van der Waals surface area contributed by atoms with Crippen LogP contribution >= 0.6 is 7.82 Å². The second-order valence-corrected chi connectivity index (χ2v) is 6.40. The predicted octanol–water partition coefficient (Wildman–Crippen LogP) is 3.49. The van der Waals surface area contributed by atoms with Crippen molar-refractivity contribution in [3.8, 4) is 11.5 Å². The lowest BCUT2D eigenvalue weighted by molar-refractivity contribution is -0.112. The highest BCUT2D eigenvalue weighted by atomic mass is 31.2. The maximum Gasteiger partial charge on any atom is 0.584 e. The van der Waals surface area contributed by atoms with Crippen LogP contribution in [0.1, 0.15) is 0 Å². The lowest BCUT2D eigenvalue weighted by atomic mass is 10.3. The van der Waals surface area contributed by atoms with Crippen LogP contribution in [0.3, 0.4) is 0 Å². The van der Waals surface area contributed by atoms with Gasteiger partial charge in [0.2, 0.25) is 11.8 Å². The van der Waals surface area contributed by atoms with Crippen molar-refractivity contribution in [3.05, 3.63) is 73.8 Å². The molecule has 0 aromatic heterocycles. The first-order valence-corrected chi connectivity index (χ1v) is 9.10. The summed E-state index contributed by atoms with van der Waals surface area (Å²) in [6.07, 6.45) is 2.18. The number of hydrogen-bond acceptors (Lipinski definition) is 5. The topological polar surface area (TPSA) is 114 Å². The summed E-state index contributed by atoms with van der Waals surface area (Å²) < 4.78 is 22.3. The quantitative estimate of drug-likeness (QED) is 0.471. The first-order chi connectivity index (χ1) is 12.8. The largest absolute Gasteiger partial charge is 0.584 e. The van der Waals surface area contributed by atoms with Crippen molar-refractivity contribution < 1.29 is 28.1 Å². The van der Waals surface area contributed by atoms with Gasteiger partial charge in [-0.15, -0.1) is 0 Å². The van der Waals surface area contributed by atoms with Crippen LogP contribution in [0.25, 0.3) is 0 Å². The zero-order chi connectivity index (χ0) is 19.9. The second kappa shape index (κ2) is 8.84. The molecule has 0 aliphatic heterocycles. The molecule has 0 heterocycles. The van der Waals surface area contributed by atoms with Gasteiger partial charge in [-0.05, 0) is 36.4 Å². The van der Waals surface area contributed by atoms with E-state index in [2.05, 4.69) is 23.8 Å². The van der Waals surface area contributed by atoms with E-state index >= 15 is 0 Å². The van der Waals surface area contributed by atoms with Crippen molar-refractivity contribution in [3.63, 3.8) is 0 Å². The van der Waals surface area contributed by atoms with E-state index in [1.54, 1.807) is 12.1 Å². The summed E-state index contributed by atoms with van der Waals surface area (Å²) in [5, 5.41) is 5.00. The molecule has 2 aromatic rings. The smallest absolute Gasteiger partial charge is 0.395 e. The van der Waals surface area contributed by atoms with Gasteiger partial charge in [0, 0.05) is 23.5 Å². The van der Waals surface area contributed by atoms with E-state index in [0.29, 0.717) is 11.4 Å². The monoisotopic (exact) mass is 388 g/mol. The number of rotatable bonds is 8. The van der Waals surface area contributed by atoms with Crippen molar-refractivity contribution in [2.24, 2.45) is 0 Å². The molecule has 140 valence electrons. The Labute approximate surface area is 155 Å². The molecule has 0 fully saturated rings. The number of nitrogens with one attached hydrogen (secondary N) is 2. The standard InChI is InChI=1S/C18H17N2O6P/c1-3-17(21)19-13-7-5-9-15(11-13)25-27(23,24)26-16-10-6-8-14(12-16)20-18(22)4-2/h3-12H,1-2H2,(H,19,21)(H,20,22)(H,23,24). The Morgan fingerprint density at radius 2 is 1.30 bits per heavy atom. The van der Waals surface area contributed by atoms with Crippen LogP contribution in [0.4, 0.5) is 11.4 Å². The highest BCUT2D eigenvalue weighted by Gasteiger charge is 2.25. The minimum Gasteiger partial charge on any atom is -0.395 e. The number of benzene rings is 2. The number of carbonyl (C=O) groups excluding carboxylic acids is 2. The van der Waals surface area contributed by atoms with Crippen LogP contribution in [0.2, 0.25) is 0 Å². The van der Waals surface area contributed by atoms with Crippen molar-refractivity contribution in [2.75, 3.05) is 10.6 Å². The highest BCUT2D eigenvalue weighted by molar-refractivity contribution is 7.48. The molecule has 0 radical (unpaired) electrons. The van der Waals surface area contributed by atoms with Crippen molar-refractivity contribution in [1.29, 1.82) is 0 Å². The molecule has 2 rings (SSSR count). The molecular formula is C18H17N2O6P. The van der Waals surface area contributed by atoms with E-state index in [-0.39, 0.29) is 11.5 Å². The van der Waals surface area contributed by atoms with Crippen molar-refractivity contribution in [2.45, 2.75) is 0 Å². The van der Waals surface area contributed by atoms with Crippen LogP contribution < -0.4 is 19.7 Å². The van der Waals surface area contributed by atoms with E-state index in [1.807, 2.05) is 0 Å². The average molecular weight is 388 g/mol. The van der Waals surface area contributed by atoms with Gasteiger partial charge in [-0.25, -0.2) is 4.57 Å². The van der Waals surface area contributed by atoms with Gasteiger partial charge in [0.05, 0.1) is 0 Å². The Bertz CT molecular complexity index is 856. The van der Waals surface area contributed by atoms with Gasteiger partial charge in [0.1, 0.15) is 11.5 Å². The van der Waals surface area contributed by atoms with E-state index < -0.39 is 19.6 Å². The van der Waals surface area contributed by atoms with E-state index in [9.17, 15) is 19.0 Å². The Morgan fingerprint density at radius 3 is 1.67 bits per heavy atom. The Balaban J connectivity index is 2.10. The SMILES string of the molecule is C=CC(=O)Nc1cccc(OP(=O)(O)Oc2cccc(NC(=O)C=C)c2)c1. The van der Waals surface area contributed by atoms with Crippen LogP contribution in [0, 0.1) is 0 Å². The number of anilines is 2. The van der Waals surface area contributed by atoms with Crippen LogP contribution in [-0.2, 0) is 14.2 Å². The fourth-order valence-corrected chi connectivity index (χ4v) is 2.73. The third-order valence-electron chi connectivity index (χ3n) is 3.02. The molecule has 0 bridgehead atoms. The van der Waals surface area contributed by atoms with Crippen molar-refractivity contribution >= 4 is 31.0 Å². The van der Waals surface area contributed by atoms with Gasteiger partial charge in [-0.2, -0.15) is 0 Å². The maximum atomic E-state index is 12.2. The molecule has 9 heteroatoms. The summed E-state index contributed by atoms with van der Waals surface area (Å²) in [6, 6.07) is 11.8. The average Bonchev–Trinajstić information content (AvgIpc) is 2.61. The fraction of sp³-hybridized carbons (Fsp3) is 0. The minimum absolute atomic E-state index is 0.0128. The number of phosphoric ester groups is 1. The van der Waals surface area contributed by atoms with Crippen LogP contribution in [0.15, 0.2) is 73.8 Å². The molecule has 2 aromatic carbocycles. The molecule has 27 heavy (non-hydrogen) atoms. The zero-order valence-electron chi connectivity index (χ0n) is 14.1. The number of carbonyl (C=O) groups is 2. The van der Waals surface area contributed by atoms with Gasteiger partial charge >= 0.3 is 7.82 Å². The molecule has 0 saturated heterocycles. The van der Waals surface area contributed by atoms with E-state index in [0.717, 1.165) is 12.2 Å². The third kappa shape index (κ3) is 6.47. The molecular weight excluding hydrogens is 371 g/mol. The van der Waals surface area contributed by atoms with Gasteiger partial charge in [0.25, 0.3) is 0 Å². The summed E-state index contributed by atoms with van der Waals surface area (Å²) in [5.74, 6) is -0.847. The highest BCUT2D eigenvalue weighted by Crippen LogP contribution is 2.45. The van der Waals surface area contributed by atoms with Crippen LogP contribution in [-0.4, -0.2) is 16.7 Å². The number of hydrogen-bond donors (Lipinski definition) is 3. The summed E-state index contributed by atoms with van der Waals surface area (Å²) >= 11 is 0. The molecule has 0 saturated carbocycles. The molecule has 0 unspecified atom stereocenters. The molecule has 2 amide bonds. The summed E-state index contributed by atoms with van der Waals surface area (Å²) in [7, 11) is -4.52. The summed E-state index contributed by atoms with van der Waals surface area (Å²) in [5.41, 5.74) is 0.707. The number of phosphoric acid groups is 1. The van der Waals surface area contributed by atoms with Gasteiger partial charge in [0.15, 0.2) is 0 Å². The fourth-order valence-electron chi connectivity index (χ4n) is 1.93. The zero-order valence-corrected chi connectivity index (χ0v) is 15.0. The van der Waals surface area contributed by atoms with Gasteiger partial charge < -0.3 is 19.7 Å². The van der Waals surface area contributed by atoms with Gasteiger partial charge in [-0.1, -0.05) is 25.3 Å². The first-order valence-electron chi connectivity index (χ1n) is 7.60. The molecule has 8 nitrogen and oxygen atoms in total. The van der Waals surface area contributed by atoms with Crippen molar-refractivity contribution in [1.82, 2.24) is 0 Å². The van der Waals surface area contributed by atoms with E-state index in [4.69, 9.17) is 9.05 Å². The lowest BCUT2D eigenvalue weighted by Crippen LogP contribution is -2.08. The number of amides is 2. The molecule has 0 spiro atoms. The Morgan fingerprint density at radius 1 is 0.889 bits per heavy atom. The maximum absolute atomic E-state index is 12.2. The molecule has 0 aliphatic rings. The second-order valence-electron chi connectivity index (χ2n) is 5.09. The first kappa shape index (κ1) is 20.0. The Kier molecular flexibility index (Phi) is 6.54. The Hall–Kier alpha value is -3.35. The minimum atomic E-state index is -4.52. The van der Waals surface area contributed by atoms with E-state index in [1.165, 1.54) is 36.4 Å². The molecule has 3 N–H and O–H groups in total. The third-order valence-corrected chi connectivity index (χ3v) is 3.90. The normalized spacial score (nSPS) is 10.4. The van der Waals surface area contributed by atoms with Gasteiger partial charge in [-0.3, -0.25) is 14.5 Å². The lowest BCUT2D eigenvalue weighted by Gasteiger charge is -2.15.